The van der Waals surface area contributed by atoms with Gasteiger partial charge in [-0.3, -0.25) is 4.79 Å². The quantitative estimate of drug-likeness (QED) is 0.846. The summed E-state index contributed by atoms with van der Waals surface area (Å²) in [4.78, 5) is 14.7. The van der Waals surface area contributed by atoms with Crippen LogP contribution in [0.1, 0.15) is 29.5 Å². The van der Waals surface area contributed by atoms with Crippen LogP contribution in [0.2, 0.25) is 0 Å². The summed E-state index contributed by atoms with van der Waals surface area (Å²) >= 11 is 0. The normalized spacial score (nSPS) is 28.5. The molecule has 0 aliphatic carbocycles. The maximum Gasteiger partial charge on any atom is 0.290 e. The summed E-state index contributed by atoms with van der Waals surface area (Å²) < 4.78 is 22.3. The predicted molar refractivity (Wildman–Crippen MR) is 78.9 cm³/mol. The zero-order chi connectivity index (χ0) is 15.6. The van der Waals surface area contributed by atoms with Gasteiger partial charge >= 0.3 is 0 Å². The zero-order valence-electron chi connectivity index (χ0n) is 13.2. The Morgan fingerprint density at radius 3 is 3.09 bits per heavy atom. The standard InChI is InChI=1S/C16H23NO5/c1-3-19-9-13-8-16(11-22-13)10-20-7-5-17(16)15(18)14-12(2)4-6-21-14/h4,6,13H,3,5,7-11H2,1-2H3. The van der Waals surface area contributed by atoms with Crippen molar-refractivity contribution in [3.63, 3.8) is 0 Å². The first-order valence-corrected chi connectivity index (χ1v) is 7.79. The number of amides is 1. The average Bonchev–Trinajstić information content (AvgIpc) is 3.12. The highest BCUT2D eigenvalue weighted by Gasteiger charge is 2.49. The molecule has 2 saturated heterocycles. The topological polar surface area (TPSA) is 61.1 Å². The van der Waals surface area contributed by atoms with E-state index in [0.29, 0.717) is 45.3 Å². The summed E-state index contributed by atoms with van der Waals surface area (Å²) in [5.41, 5.74) is 0.451. The number of nitrogens with zero attached hydrogens (tertiary/aromatic N) is 1. The number of morpholine rings is 1. The van der Waals surface area contributed by atoms with Gasteiger partial charge in [0.15, 0.2) is 5.76 Å². The monoisotopic (exact) mass is 309 g/mol. The molecule has 0 N–H and O–H groups in total. The van der Waals surface area contributed by atoms with E-state index >= 15 is 0 Å². The Balaban J connectivity index is 1.77. The predicted octanol–water partition coefficient (Wildman–Crippen LogP) is 1.62. The van der Waals surface area contributed by atoms with Crippen LogP contribution < -0.4 is 0 Å². The molecule has 0 saturated carbocycles. The number of furan rings is 1. The van der Waals surface area contributed by atoms with E-state index in [1.165, 1.54) is 0 Å². The van der Waals surface area contributed by atoms with Crippen LogP contribution >= 0.6 is 0 Å². The van der Waals surface area contributed by atoms with Gasteiger partial charge in [0.2, 0.25) is 0 Å². The molecule has 1 aromatic heterocycles. The molecule has 1 spiro atoms. The smallest absolute Gasteiger partial charge is 0.290 e. The van der Waals surface area contributed by atoms with Gasteiger partial charge in [0.1, 0.15) is 0 Å². The molecule has 2 fully saturated rings. The molecule has 3 heterocycles. The molecule has 1 amide bonds. The van der Waals surface area contributed by atoms with Crippen molar-refractivity contribution in [1.29, 1.82) is 0 Å². The fraction of sp³-hybridized carbons (Fsp3) is 0.688. The van der Waals surface area contributed by atoms with Gasteiger partial charge < -0.3 is 23.5 Å². The molecule has 6 nitrogen and oxygen atoms in total. The first-order valence-electron chi connectivity index (χ1n) is 7.79. The minimum atomic E-state index is -0.406. The van der Waals surface area contributed by atoms with Gasteiger partial charge in [0.25, 0.3) is 5.91 Å². The third-order valence-electron chi connectivity index (χ3n) is 4.41. The summed E-state index contributed by atoms with van der Waals surface area (Å²) in [6.07, 6.45) is 2.30. The van der Waals surface area contributed by atoms with Crippen LogP contribution in [-0.2, 0) is 14.2 Å². The molecule has 122 valence electrons. The van der Waals surface area contributed by atoms with Crippen molar-refractivity contribution >= 4 is 5.91 Å². The van der Waals surface area contributed by atoms with Crippen molar-refractivity contribution in [2.75, 3.05) is 39.6 Å². The Hall–Kier alpha value is -1.37. The Kier molecular flexibility index (Phi) is 4.52. The van der Waals surface area contributed by atoms with Gasteiger partial charge in [-0.25, -0.2) is 0 Å². The van der Waals surface area contributed by atoms with Crippen molar-refractivity contribution in [1.82, 2.24) is 4.90 Å². The number of rotatable bonds is 4. The Labute approximate surface area is 130 Å². The molecule has 2 atom stereocenters. The molecule has 6 heteroatoms. The van der Waals surface area contributed by atoms with E-state index in [9.17, 15) is 4.79 Å². The van der Waals surface area contributed by atoms with Crippen LogP contribution in [0, 0.1) is 6.92 Å². The summed E-state index contributed by atoms with van der Waals surface area (Å²) in [6.45, 7) is 7.15. The lowest BCUT2D eigenvalue weighted by Gasteiger charge is -2.43. The number of hydrogen-bond acceptors (Lipinski definition) is 5. The Morgan fingerprint density at radius 1 is 1.50 bits per heavy atom. The fourth-order valence-electron chi connectivity index (χ4n) is 3.22. The number of hydrogen-bond donors (Lipinski definition) is 0. The van der Waals surface area contributed by atoms with Gasteiger partial charge in [-0.1, -0.05) is 0 Å². The molecule has 0 aromatic carbocycles. The largest absolute Gasteiger partial charge is 0.459 e. The molecule has 3 rings (SSSR count). The highest BCUT2D eigenvalue weighted by molar-refractivity contribution is 5.93. The van der Waals surface area contributed by atoms with Crippen LogP contribution in [0.4, 0.5) is 0 Å². The Bertz CT molecular complexity index is 528. The molecular weight excluding hydrogens is 286 g/mol. The summed E-state index contributed by atoms with van der Waals surface area (Å²) in [6, 6.07) is 1.81. The highest BCUT2D eigenvalue weighted by atomic mass is 16.5. The number of ether oxygens (including phenoxy) is 3. The molecule has 1 aromatic rings. The molecule has 0 radical (unpaired) electrons. The molecule has 2 unspecified atom stereocenters. The number of carbonyl (C=O) groups excluding carboxylic acids is 1. The summed E-state index contributed by atoms with van der Waals surface area (Å²) in [7, 11) is 0. The number of aryl methyl sites for hydroxylation is 1. The maximum absolute atomic E-state index is 12.9. The van der Waals surface area contributed by atoms with Crippen LogP contribution in [-0.4, -0.2) is 62.0 Å². The third-order valence-corrected chi connectivity index (χ3v) is 4.41. The summed E-state index contributed by atoms with van der Waals surface area (Å²) in [5, 5.41) is 0. The van der Waals surface area contributed by atoms with Crippen LogP contribution in [0.25, 0.3) is 0 Å². The van der Waals surface area contributed by atoms with Crippen LogP contribution in [0.5, 0.6) is 0 Å². The second kappa shape index (κ2) is 6.40. The van der Waals surface area contributed by atoms with E-state index < -0.39 is 5.54 Å². The van der Waals surface area contributed by atoms with E-state index in [1.54, 1.807) is 6.26 Å². The van der Waals surface area contributed by atoms with Crippen LogP contribution in [0.3, 0.4) is 0 Å². The van der Waals surface area contributed by atoms with Crippen molar-refractivity contribution in [2.24, 2.45) is 0 Å². The minimum Gasteiger partial charge on any atom is -0.459 e. The fourth-order valence-corrected chi connectivity index (χ4v) is 3.22. The first kappa shape index (κ1) is 15.5. The van der Waals surface area contributed by atoms with Gasteiger partial charge in [-0.15, -0.1) is 0 Å². The van der Waals surface area contributed by atoms with Crippen molar-refractivity contribution in [3.05, 3.63) is 23.7 Å². The van der Waals surface area contributed by atoms with Gasteiger partial charge in [0.05, 0.1) is 44.3 Å². The van der Waals surface area contributed by atoms with Gasteiger partial charge in [0, 0.05) is 25.1 Å². The molecule has 0 bridgehead atoms. The number of carbonyl (C=O) groups is 1. The SMILES string of the molecule is CCOCC1CC2(COCCN2C(=O)c2occc2C)CO1. The van der Waals surface area contributed by atoms with E-state index in [2.05, 4.69) is 0 Å². The second-order valence-corrected chi connectivity index (χ2v) is 5.96. The Morgan fingerprint density at radius 2 is 2.36 bits per heavy atom. The summed E-state index contributed by atoms with van der Waals surface area (Å²) in [5.74, 6) is 0.334. The van der Waals surface area contributed by atoms with Gasteiger partial charge in [-0.2, -0.15) is 0 Å². The first-order chi connectivity index (χ1) is 10.7. The van der Waals surface area contributed by atoms with Crippen molar-refractivity contribution in [3.8, 4) is 0 Å². The van der Waals surface area contributed by atoms with Crippen molar-refractivity contribution in [2.45, 2.75) is 31.9 Å². The lowest BCUT2D eigenvalue weighted by atomic mass is 9.92. The van der Waals surface area contributed by atoms with Crippen LogP contribution in [0.15, 0.2) is 16.7 Å². The minimum absolute atomic E-state index is 0.00893. The molecular formula is C16H23NO5. The van der Waals surface area contributed by atoms with Gasteiger partial charge in [-0.05, 0) is 19.9 Å². The molecule has 2 aliphatic rings. The highest BCUT2D eigenvalue weighted by Crippen LogP contribution is 2.34. The molecule has 22 heavy (non-hydrogen) atoms. The van der Waals surface area contributed by atoms with Crippen molar-refractivity contribution < 1.29 is 23.4 Å². The van der Waals surface area contributed by atoms with E-state index in [4.69, 9.17) is 18.6 Å². The lowest BCUT2D eigenvalue weighted by molar-refractivity contribution is -0.0569. The van der Waals surface area contributed by atoms with E-state index in [1.807, 2.05) is 24.8 Å². The average molecular weight is 309 g/mol. The maximum atomic E-state index is 12.9. The van der Waals surface area contributed by atoms with E-state index in [-0.39, 0.29) is 12.0 Å². The second-order valence-electron chi connectivity index (χ2n) is 5.96. The third kappa shape index (κ3) is 2.78. The van der Waals surface area contributed by atoms with E-state index in [0.717, 1.165) is 12.0 Å². The lowest BCUT2D eigenvalue weighted by Crippen LogP contribution is -2.60. The molecule has 2 aliphatic heterocycles. The zero-order valence-corrected chi connectivity index (χ0v) is 13.2.